The van der Waals surface area contributed by atoms with Crippen LogP contribution in [0.3, 0.4) is 0 Å². The zero-order valence-corrected chi connectivity index (χ0v) is 14.4. The minimum Gasteiger partial charge on any atom is -0.338 e. The van der Waals surface area contributed by atoms with E-state index in [1.165, 1.54) is 18.2 Å². The molecule has 1 aliphatic carbocycles. The van der Waals surface area contributed by atoms with Crippen molar-refractivity contribution in [3.05, 3.63) is 75.9 Å². The topological polar surface area (TPSA) is 85.3 Å². The van der Waals surface area contributed by atoms with Gasteiger partial charge in [-0.25, -0.2) is 4.39 Å². The van der Waals surface area contributed by atoms with Gasteiger partial charge in [0, 0.05) is 35.8 Å². The predicted octanol–water partition coefficient (Wildman–Crippen LogP) is 3.95. The van der Waals surface area contributed by atoms with Crippen LogP contribution >= 0.6 is 0 Å². The van der Waals surface area contributed by atoms with E-state index in [2.05, 4.69) is 15.0 Å². The minimum atomic E-state index is -0.457. The number of hydrogen-bond acceptors (Lipinski definition) is 6. The monoisotopic (exact) mass is 368 g/mol. The molecule has 7 nitrogen and oxygen atoms in total. The summed E-state index contributed by atoms with van der Waals surface area (Å²) in [6, 6.07) is 13.1. The molecule has 0 bridgehead atoms. The van der Waals surface area contributed by atoms with E-state index in [4.69, 9.17) is 4.52 Å². The molecule has 138 valence electrons. The van der Waals surface area contributed by atoms with E-state index in [9.17, 15) is 14.5 Å². The van der Waals surface area contributed by atoms with E-state index in [0.717, 1.165) is 12.8 Å². The highest BCUT2D eigenvalue weighted by Crippen LogP contribution is 2.30. The van der Waals surface area contributed by atoms with Crippen LogP contribution in [0.2, 0.25) is 0 Å². The molecule has 1 fully saturated rings. The molecule has 0 atom stereocenters. The van der Waals surface area contributed by atoms with Gasteiger partial charge in [0.2, 0.25) is 11.7 Å². The molecule has 0 N–H and O–H groups in total. The number of non-ortho nitro benzene ring substituents is 1. The number of benzene rings is 2. The van der Waals surface area contributed by atoms with Crippen LogP contribution in [0.25, 0.3) is 11.4 Å². The normalized spacial score (nSPS) is 13.9. The van der Waals surface area contributed by atoms with E-state index >= 15 is 0 Å². The second-order valence-corrected chi connectivity index (χ2v) is 6.54. The van der Waals surface area contributed by atoms with Crippen molar-refractivity contribution in [2.45, 2.75) is 32.0 Å². The summed E-state index contributed by atoms with van der Waals surface area (Å²) in [5, 5.41) is 14.7. The molecule has 4 rings (SSSR count). The molecule has 8 heteroatoms. The van der Waals surface area contributed by atoms with Gasteiger partial charge < -0.3 is 4.52 Å². The van der Waals surface area contributed by atoms with Crippen molar-refractivity contribution < 1.29 is 13.8 Å². The lowest BCUT2D eigenvalue weighted by molar-refractivity contribution is -0.384. The van der Waals surface area contributed by atoms with E-state index in [-0.39, 0.29) is 11.5 Å². The summed E-state index contributed by atoms with van der Waals surface area (Å²) in [4.78, 5) is 16.8. The van der Waals surface area contributed by atoms with Gasteiger partial charge in [0.25, 0.3) is 5.69 Å². The SMILES string of the molecule is O=[N+]([O-])c1ccc(-c2noc(CN(Cc3ccccc3F)C3CC3)n2)cc1. The quantitative estimate of drug-likeness (QED) is 0.464. The van der Waals surface area contributed by atoms with Crippen molar-refractivity contribution in [1.82, 2.24) is 15.0 Å². The van der Waals surface area contributed by atoms with Gasteiger partial charge in [-0.1, -0.05) is 23.4 Å². The smallest absolute Gasteiger partial charge is 0.269 e. The molecule has 0 aliphatic heterocycles. The largest absolute Gasteiger partial charge is 0.338 e. The Morgan fingerprint density at radius 1 is 1.15 bits per heavy atom. The van der Waals surface area contributed by atoms with Gasteiger partial charge in [0.1, 0.15) is 5.82 Å². The Labute approximate surface area is 154 Å². The van der Waals surface area contributed by atoms with Crippen LogP contribution in [0, 0.1) is 15.9 Å². The number of nitro groups is 1. The molecule has 2 aromatic carbocycles. The van der Waals surface area contributed by atoms with Crippen molar-refractivity contribution in [3.63, 3.8) is 0 Å². The van der Waals surface area contributed by atoms with Gasteiger partial charge in [0.15, 0.2) is 0 Å². The molecule has 0 amide bonds. The van der Waals surface area contributed by atoms with Crippen LogP contribution in [0.15, 0.2) is 53.1 Å². The maximum absolute atomic E-state index is 14.0. The summed E-state index contributed by atoms with van der Waals surface area (Å²) < 4.78 is 19.3. The van der Waals surface area contributed by atoms with Crippen molar-refractivity contribution in [2.75, 3.05) is 0 Å². The number of halogens is 1. The third-order valence-electron chi connectivity index (χ3n) is 4.54. The van der Waals surface area contributed by atoms with Gasteiger partial charge >= 0.3 is 0 Å². The second-order valence-electron chi connectivity index (χ2n) is 6.54. The van der Waals surface area contributed by atoms with Crippen molar-refractivity contribution >= 4 is 5.69 Å². The first-order valence-electron chi connectivity index (χ1n) is 8.65. The Bertz CT molecular complexity index is 954. The highest BCUT2D eigenvalue weighted by atomic mass is 19.1. The first-order valence-corrected chi connectivity index (χ1v) is 8.65. The highest BCUT2D eigenvalue weighted by Gasteiger charge is 2.30. The van der Waals surface area contributed by atoms with Gasteiger partial charge in [-0.15, -0.1) is 0 Å². The number of rotatable bonds is 7. The van der Waals surface area contributed by atoms with Gasteiger partial charge in [-0.2, -0.15) is 4.98 Å². The molecule has 0 saturated heterocycles. The molecule has 1 aromatic heterocycles. The van der Waals surface area contributed by atoms with Crippen LogP contribution in [0.1, 0.15) is 24.3 Å². The molecule has 1 heterocycles. The van der Waals surface area contributed by atoms with Gasteiger partial charge in [-0.05, 0) is 31.0 Å². The maximum Gasteiger partial charge on any atom is 0.269 e. The van der Waals surface area contributed by atoms with Gasteiger partial charge in [0.05, 0.1) is 11.5 Å². The van der Waals surface area contributed by atoms with Crippen molar-refractivity contribution in [2.24, 2.45) is 0 Å². The summed E-state index contributed by atoms with van der Waals surface area (Å²) >= 11 is 0. The third kappa shape index (κ3) is 4.01. The fraction of sp³-hybridized carbons (Fsp3) is 0.263. The summed E-state index contributed by atoms with van der Waals surface area (Å²) in [6.07, 6.45) is 2.13. The minimum absolute atomic E-state index is 0.00673. The predicted molar refractivity (Wildman–Crippen MR) is 95.1 cm³/mol. The third-order valence-corrected chi connectivity index (χ3v) is 4.54. The lowest BCUT2D eigenvalue weighted by Crippen LogP contribution is -2.25. The number of nitro benzene ring substituents is 1. The van der Waals surface area contributed by atoms with Crippen LogP contribution < -0.4 is 0 Å². The lowest BCUT2D eigenvalue weighted by atomic mass is 10.2. The van der Waals surface area contributed by atoms with E-state index in [1.54, 1.807) is 24.3 Å². The zero-order valence-electron chi connectivity index (χ0n) is 14.4. The molecule has 3 aromatic rings. The van der Waals surface area contributed by atoms with Crippen molar-refractivity contribution in [1.29, 1.82) is 0 Å². The zero-order chi connectivity index (χ0) is 18.8. The first kappa shape index (κ1) is 17.3. The van der Waals surface area contributed by atoms with Crippen LogP contribution in [0.4, 0.5) is 10.1 Å². The average molecular weight is 368 g/mol. The average Bonchev–Trinajstić information content (AvgIpc) is 3.42. The summed E-state index contributed by atoms with van der Waals surface area (Å²) in [7, 11) is 0. The molecule has 1 saturated carbocycles. The molecule has 1 aliphatic rings. The number of nitrogens with zero attached hydrogens (tertiary/aromatic N) is 4. The lowest BCUT2D eigenvalue weighted by Gasteiger charge is -2.20. The summed E-state index contributed by atoms with van der Waals surface area (Å²) in [5.41, 5.74) is 1.29. The molecular weight excluding hydrogens is 351 g/mol. The standard InChI is InChI=1S/C19H17FN4O3/c20-17-4-2-1-3-14(17)11-23(15-9-10-15)12-18-21-19(22-27-18)13-5-7-16(8-6-13)24(25)26/h1-8,15H,9-12H2. The van der Waals surface area contributed by atoms with Crippen LogP contribution in [-0.4, -0.2) is 26.0 Å². The molecular formula is C19H17FN4O3. The number of hydrogen-bond donors (Lipinski definition) is 0. The fourth-order valence-corrected chi connectivity index (χ4v) is 2.94. The Hall–Kier alpha value is -3.13. The van der Waals surface area contributed by atoms with Crippen molar-refractivity contribution in [3.8, 4) is 11.4 Å². The molecule has 0 spiro atoms. The second kappa shape index (κ2) is 7.24. The maximum atomic E-state index is 14.0. The number of aromatic nitrogens is 2. The van der Waals surface area contributed by atoms with Crippen LogP contribution in [0.5, 0.6) is 0 Å². The molecule has 0 unspecified atom stereocenters. The summed E-state index contributed by atoms with van der Waals surface area (Å²) in [6.45, 7) is 0.908. The molecule has 0 radical (unpaired) electrons. The highest BCUT2D eigenvalue weighted by molar-refractivity contribution is 5.56. The Kier molecular flexibility index (Phi) is 4.64. The fourth-order valence-electron chi connectivity index (χ4n) is 2.94. The van der Waals surface area contributed by atoms with Gasteiger partial charge in [-0.3, -0.25) is 15.0 Å². The summed E-state index contributed by atoms with van der Waals surface area (Å²) in [5.74, 6) is 0.591. The Morgan fingerprint density at radius 3 is 2.56 bits per heavy atom. The first-order chi connectivity index (χ1) is 13.1. The van der Waals surface area contributed by atoms with E-state index < -0.39 is 4.92 Å². The Morgan fingerprint density at radius 2 is 1.89 bits per heavy atom. The van der Waals surface area contributed by atoms with E-state index in [1.807, 2.05) is 6.07 Å². The molecule has 27 heavy (non-hydrogen) atoms. The van der Waals surface area contributed by atoms with Crippen LogP contribution in [-0.2, 0) is 13.1 Å². The Balaban J connectivity index is 1.48. The van der Waals surface area contributed by atoms with E-state index in [0.29, 0.717) is 42.0 Å².